The van der Waals surface area contributed by atoms with E-state index < -0.39 is 9.84 Å². The molecular formula is C12H20N4O3S2. The third-order valence-corrected chi connectivity index (χ3v) is 6.43. The van der Waals surface area contributed by atoms with Crippen LogP contribution in [0.15, 0.2) is 5.16 Å². The number of thioether (sulfide) groups is 1. The van der Waals surface area contributed by atoms with Gasteiger partial charge in [0.2, 0.25) is 5.91 Å². The molecular weight excluding hydrogens is 312 g/mol. The van der Waals surface area contributed by atoms with Gasteiger partial charge >= 0.3 is 0 Å². The summed E-state index contributed by atoms with van der Waals surface area (Å²) in [5, 5.41) is 8.60. The summed E-state index contributed by atoms with van der Waals surface area (Å²) in [5.74, 6) is 0.941. The summed E-state index contributed by atoms with van der Waals surface area (Å²) in [4.78, 5) is 13.4. The maximum atomic E-state index is 11.9. The van der Waals surface area contributed by atoms with Crippen LogP contribution in [0.1, 0.15) is 25.1 Å². The van der Waals surface area contributed by atoms with Crippen LogP contribution >= 0.6 is 11.8 Å². The Morgan fingerprint density at radius 3 is 2.62 bits per heavy atom. The molecule has 0 bridgehead atoms. The van der Waals surface area contributed by atoms with Gasteiger partial charge in [0.25, 0.3) is 0 Å². The number of carbonyl (C=O) groups excluding carboxylic acids is 1. The Morgan fingerprint density at radius 1 is 1.43 bits per heavy atom. The molecule has 0 N–H and O–H groups in total. The predicted octanol–water partition coefficient (Wildman–Crippen LogP) is 0.286. The summed E-state index contributed by atoms with van der Waals surface area (Å²) in [5.41, 5.74) is 0. The highest BCUT2D eigenvalue weighted by molar-refractivity contribution is 8.00. The van der Waals surface area contributed by atoms with Crippen LogP contribution in [0.4, 0.5) is 0 Å². The Morgan fingerprint density at radius 2 is 2.10 bits per heavy atom. The zero-order valence-corrected chi connectivity index (χ0v) is 14.2. The fraction of sp³-hybridized carbons (Fsp3) is 0.750. The van der Waals surface area contributed by atoms with Gasteiger partial charge < -0.3 is 9.47 Å². The van der Waals surface area contributed by atoms with Crippen molar-refractivity contribution in [3.63, 3.8) is 0 Å². The second-order valence-electron chi connectivity index (χ2n) is 5.49. The van der Waals surface area contributed by atoms with Gasteiger partial charge in [0.1, 0.15) is 5.82 Å². The normalized spacial score (nSPS) is 22.2. The lowest BCUT2D eigenvalue weighted by Crippen LogP contribution is -2.29. The summed E-state index contributed by atoms with van der Waals surface area (Å²) in [6, 6.07) is 0. The van der Waals surface area contributed by atoms with E-state index in [2.05, 4.69) is 10.2 Å². The first-order valence-electron chi connectivity index (χ1n) is 6.69. The molecule has 2 atom stereocenters. The van der Waals surface area contributed by atoms with E-state index >= 15 is 0 Å². The number of hydrogen-bond acceptors (Lipinski definition) is 6. The van der Waals surface area contributed by atoms with Crippen LogP contribution in [0.2, 0.25) is 0 Å². The number of carbonyl (C=O) groups is 1. The van der Waals surface area contributed by atoms with E-state index in [-0.39, 0.29) is 28.6 Å². The topological polar surface area (TPSA) is 85.2 Å². The Labute approximate surface area is 129 Å². The molecule has 0 radical (unpaired) electrons. The fourth-order valence-corrected chi connectivity index (χ4v) is 5.06. The molecule has 2 rings (SSSR count). The monoisotopic (exact) mass is 332 g/mol. The number of hydrogen-bond donors (Lipinski definition) is 0. The van der Waals surface area contributed by atoms with Crippen molar-refractivity contribution in [2.24, 2.45) is 7.05 Å². The maximum Gasteiger partial charge on any atom is 0.235 e. The Kier molecular flexibility index (Phi) is 4.62. The number of rotatable bonds is 4. The van der Waals surface area contributed by atoms with E-state index in [1.165, 1.54) is 11.8 Å². The highest BCUT2D eigenvalue weighted by Gasteiger charge is 2.33. The van der Waals surface area contributed by atoms with Gasteiger partial charge in [0.05, 0.1) is 16.8 Å². The lowest BCUT2D eigenvalue weighted by Gasteiger charge is -2.16. The minimum atomic E-state index is -2.95. The van der Waals surface area contributed by atoms with Crippen LogP contribution in [0, 0.1) is 0 Å². The molecule has 9 heteroatoms. The lowest BCUT2D eigenvalue weighted by atomic mass is 10.1. The van der Waals surface area contributed by atoms with E-state index in [9.17, 15) is 13.2 Å². The number of aromatic nitrogens is 3. The van der Waals surface area contributed by atoms with Gasteiger partial charge in [0.15, 0.2) is 15.0 Å². The Balaban J connectivity index is 2.13. The van der Waals surface area contributed by atoms with E-state index in [1.54, 1.807) is 23.6 Å². The van der Waals surface area contributed by atoms with Crippen molar-refractivity contribution in [3.8, 4) is 0 Å². The summed E-state index contributed by atoms with van der Waals surface area (Å²) in [7, 11) is 2.29. The van der Waals surface area contributed by atoms with Crippen molar-refractivity contribution in [1.82, 2.24) is 19.7 Å². The second-order valence-corrected chi connectivity index (χ2v) is 9.03. The van der Waals surface area contributed by atoms with Crippen molar-refractivity contribution in [3.05, 3.63) is 5.82 Å². The largest absolute Gasteiger partial charge is 0.348 e. The molecule has 1 amide bonds. The maximum absolute atomic E-state index is 11.9. The average Bonchev–Trinajstić information content (AvgIpc) is 2.92. The van der Waals surface area contributed by atoms with Gasteiger partial charge in [-0.25, -0.2) is 8.42 Å². The Bertz CT molecular complexity index is 639. The van der Waals surface area contributed by atoms with Crippen molar-refractivity contribution in [2.45, 2.75) is 29.7 Å². The molecule has 0 unspecified atom stereocenters. The molecule has 0 spiro atoms. The van der Waals surface area contributed by atoms with Gasteiger partial charge in [-0.05, 0) is 13.3 Å². The third kappa shape index (κ3) is 3.57. The molecule has 1 aromatic heterocycles. The van der Waals surface area contributed by atoms with E-state index in [0.717, 1.165) is 0 Å². The molecule has 1 fully saturated rings. The smallest absolute Gasteiger partial charge is 0.235 e. The predicted molar refractivity (Wildman–Crippen MR) is 81.0 cm³/mol. The SMILES string of the molecule is C[C@H](Sc1nnc([C@H]2CCS(=O)(=O)C2)n1C)C(=O)N(C)C. The Hall–Kier alpha value is -1.09. The average molecular weight is 332 g/mol. The summed E-state index contributed by atoms with van der Waals surface area (Å²) < 4.78 is 24.9. The van der Waals surface area contributed by atoms with E-state index in [0.29, 0.717) is 17.4 Å². The van der Waals surface area contributed by atoms with Gasteiger partial charge in [-0.3, -0.25) is 4.79 Å². The summed E-state index contributed by atoms with van der Waals surface area (Å²) >= 11 is 1.33. The van der Waals surface area contributed by atoms with Crippen LogP contribution in [-0.4, -0.2) is 64.8 Å². The third-order valence-electron chi connectivity index (χ3n) is 3.54. The van der Waals surface area contributed by atoms with Gasteiger partial charge in [0, 0.05) is 27.1 Å². The first kappa shape index (κ1) is 16.3. The van der Waals surface area contributed by atoms with Crippen LogP contribution in [0.25, 0.3) is 0 Å². The molecule has 1 aliphatic heterocycles. The quantitative estimate of drug-likeness (QED) is 0.737. The van der Waals surface area contributed by atoms with Gasteiger partial charge in [-0.2, -0.15) is 0 Å². The molecule has 0 saturated carbocycles. The number of nitrogens with zero attached hydrogens (tertiary/aromatic N) is 4. The van der Waals surface area contributed by atoms with Crippen molar-refractivity contribution < 1.29 is 13.2 Å². The summed E-state index contributed by atoms with van der Waals surface area (Å²) in [6.07, 6.45) is 0.588. The molecule has 21 heavy (non-hydrogen) atoms. The minimum absolute atomic E-state index is 0.00740. The fourth-order valence-electron chi connectivity index (χ4n) is 2.36. The highest BCUT2D eigenvalue weighted by atomic mass is 32.2. The van der Waals surface area contributed by atoms with Crippen molar-refractivity contribution in [2.75, 3.05) is 25.6 Å². The first-order chi connectivity index (χ1) is 9.71. The van der Waals surface area contributed by atoms with E-state index in [4.69, 9.17) is 0 Å². The van der Waals surface area contributed by atoms with Crippen molar-refractivity contribution in [1.29, 1.82) is 0 Å². The molecule has 1 saturated heterocycles. The van der Waals surface area contributed by atoms with E-state index in [1.807, 2.05) is 14.0 Å². The summed E-state index contributed by atoms with van der Waals surface area (Å²) in [6.45, 7) is 1.82. The highest BCUT2D eigenvalue weighted by Crippen LogP contribution is 2.30. The van der Waals surface area contributed by atoms with Crippen LogP contribution in [0.3, 0.4) is 0 Å². The first-order valence-corrected chi connectivity index (χ1v) is 9.39. The van der Waals surface area contributed by atoms with Gasteiger partial charge in [-0.1, -0.05) is 11.8 Å². The lowest BCUT2D eigenvalue weighted by molar-refractivity contribution is -0.127. The van der Waals surface area contributed by atoms with Crippen LogP contribution in [-0.2, 0) is 21.7 Å². The zero-order valence-electron chi connectivity index (χ0n) is 12.6. The molecule has 1 aromatic rings. The van der Waals surface area contributed by atoms with Crippen LogP contribution < -0.4 is 0 Å². The van der Waals surface area contributed by atoms with Crippen molar-refractivity contribution >= 4 is 27.5 Å². The number of sulfone groups is 1. The van der Waals surface area contributed by atoms with Crippen LogP contribution in [0.5, 0.6) is 0 Å². The van der Waals surface area contributed by atoms with Gasteiger partial charge in [-0.15, -0.1) is 10.2 Å². The molecule has 118 valence electrons. The second kappa shape index (κ2) is 5.96. The molecule has 0 aliphatic carbocycles. The molecule has 1 aliphatic rings. The molecule has 2 heterocycles. The number of amides is 1. The zero-order chi connectivity index (χ0) is 15.8. The molecule has 0 aromatic carbocycles. The molecule has 7 nitrogen and oxygen atoms in total. The standard InChI is InChI=1S/C12H20N4O3S2/c1-8(11(17)15(2)3)20-12-14-13-10(16(12)4)9-5-6-21(18,19)7-9/h8-9H,5-7H2,1-4H3/t8-,9-/m0/s1. The minimum Gasteiger partial charge on any atom is -0.348 e.